The highest BCUT2D eigenvalue weighted by Crippen LogP contribution is 2.29. The van der Waals surface area contributed by atoms with Crippen LogP contribution in [0.5, 0.6) is 5.75 Å². The molecule has 0 unspecified atom stereocenters. The SMILES string of the molecule is COc1ccc(NS(=O)(=O)c2ccccc2Cl)cc1Cl. The molecule has 2 aromatic rings. The van der Waals surface area contributed by atoms with Crippen molar-refractivity contribution in [2.45, 2.75) is 4.90 Å². The molecular weight excluding hydrogens is 321 g/mol. The van der Waals surface area contributed by atoms with Crippen molar-refractivity contribution in [3.05, 3.63) is 52.5 Å². The first kappa shape index (κ1) is 15.0. The molecule has 106 valence electrons. The van der Waals surface area contributed by atoms with E-state index in [9.17, 15) is 8.42 Å². The van der Waals surface area contributed by atoms with Gasteiger partial charge in [-0.3, -0.25) is 4.72 Å². The molecule has 2 rings (SSSR count). The molecule has 0 aliphatic rings. The fourth-order valence-electron chi connectivity index (χ4n) is 1.60. The molecular formula is C13H11Cl2NO3S. The summed E-state index contributed by atoms with van der Waals surface area (Å²) < 4.78 is 31.9. The highest BCUT2D eigenvalue weighted by atomic mass is 35.5. The Hall–Kier alpha value is -1.43. The van der Waals surface area contributed by atoms with Crippen molar-refractivity contribution in [2.24, 2.45) is 0 Å². The highest BCUT2D eigenvalue weighted by Gasteiger charge is 2.17. The Morgan fingerprint density at radius 2 is 1.75 bits per heavy atom. The summed E-state index contributed by atoms with van der Waals surface area (Å²) in [4.78, 5) is 0.00797. The number of benzene rings is 2. The van der Waals surface area contributed by atoms with E-state index >= 15 is 0 Å². The van der Waals surface area contributed by atoms with Crippen molar-refractivity contribution in [1.82, 2.24) is 0 Å². The maximum atomic E-state index is 12.2. The Morgan fingerprint density at radius 3 is 2.35 bits per heavy atom. The van der Waals surface area contributed by atoms with Crippen LogP contribution in [-0.2, 0) is 10.0 Å². The van der Waals surface area contributed by atoms with E-state index in [2.05, 4.69) is 4.72 Å². The Bertz CT molecular complexity index is 732. The molecule has 0 heterocycles. The molecule has 0 saturated heterocycles. The molecule has 0 aliphatic carbocycles. The lowest BCUT2D eigenvalue weighted by Gasteiger charge is -2.10. The lowest BCUT2D eigenvalue weighted by atomic mass is 10.3. The second-order valence-corrected chi connectivity index (χ2v) is 6.35. The number of methoxy groups -OCH3 is 1. The van der Waals surface area contributed by atoms with E-state index in [-0.39, 0.29) is 9.92 Å². The van der Waals surface area contributed by atoms with Crippen LogP contribution < -0.4 is 9.46 Å². The van der Waals surface area contributed by atoms with Crippen molar-refractivity contribution in [3.63, 3.8) is 0 Å². The zero-order valence-electron chi connectivity index (χ0n) is 10.4. The first-order chi connectivity index (χ1) is 9.44. The van der Waals surface area contributed by atoms with Crippen LogP contribution in [0, 0.1) is 0 Å². The van der Waals surface area contributed by atoms with Gasteiger partial charge in [0.05, 0.1) is 22.8 Å². The molecule has 0 fully saturated rings. The van der Waals surface area contributed by atoms with Gasteiger partial charge in [0.2, 0.25) is 0 Å². The molecule has 0 aromatic heterocycles. The fraction of sp³-hybridized carbons (Fsp3) is 0.0769. The summed E-state index contributed by atoms with van der Waals surface area (Å²) >= 11 is 11.8. The maximum absolute atomic E-state index is 12.2. The summed E-state index contributed by atoms with van der Waals surface area (Å²) in [5.41, 5.74) is 0.329. The molecule has 0 radical (unpaired) electrons. The molecule has 0 spiro atoms. The third-order valence-electron chi connectivity index (χ3n) is 2.53. The Balaban J connectivity index is 2.34. The second kappa shape index (κ2) is 5.91. The lowest BCUT2D eigenvalue weighted by Crippen LogP contribution is -2.13. The molecule has 7 heteroatoms. The van der Waals surface area contributed by atoms with Crippen molar-refractivity contribution >= 4 is 38.9 Å². The minimum Gasteiger partial charge on any atom is -0.495 e. The third-order valence-corrected chi connectivity index (χ3v) is 4.71. The summed E-state index contributed by atoms with van der Waals surface area (Å²) in [5.74, 6) is 0.465. The van der Waals surface area contributed by atoms with Gasteiger partial charge < -0.3 is 4.74 Å². The Morgan fingerprint density at radius 1 is 1.05 bits per heavy atom. The number of sulfonamides is 1. The quantitative estimate of drug-likeness (QED) is 0.926. The van der Waals surface area contributed by atoms with Crippen LogP contribution >= 0.6 is 23.2 Å². The van der Waals surface area contributed by atoms with Crippen LogP contribution in [-0.4, -0.2) is 15.5 Å². The number of hydrogen-bond acceptors (Lipinski definition) is 3. The van der Waals surface area contributed by atoms with Gasteiger partial charge in [-0.1, -0.05) is 35.3 Å². The number of rotatable bonds is 4. The Kier molecular flexibility index (Phi) is 4.42. The molecule has 0 amide bonds. The third kappa shape index (κ3) is 3.17. The minimum atomic E-state index is -3.76. The number of hydrogen-bond donors (Lipinski definition) is 1. The van der Waals surface area contributed by atoms with E-state index in [0.29, 0.717) is 16.5 Å². The van der Waals surface area contributed by atoms with Crippen LogP contribution in [0.4, 0.5) is 5.69 Å². The monoisotopic (exact) mass is 331 g/mol. The predicted octanol–water partition coefficient (Wildman–Crippen LogP) is 3.80. The summed E-state index contributed by atoms with van der Waals surface area (Å²) in [6.45, 7) is 0. The van der Waals surface area contributed by atoms with Crippen molar-refractivity contribution in [2.75, 3.05) is 11.8 Å². The minimum absolute atomic E-state index is 0.00797. The van der Waals surface area contributed by atoms with Gasteiger partial charge in [-0.25, -0.2) is 8.42 Å². The second-order valence-electron chi connectivity index (χ2n) is 3.89. The topological polar surface area (TPSA) is 55.4 Å². The standard InChI is InChI=1S/C13H11Cl2NO3S/c1-19-12-7-6-9(8-11(12)15)16-20(17,18)13-5-3-2-4-10(13)14/h2-8,16H,1H3. The Labute approximate surface area is 127 Å². The summed E-state index contributed by atoms with van der Waals surface area (Å²) in [6.07, 6.45) is 0. The molecule has 0 saturated carbocycles. The zero-order valence-corrected chi connectivity index (χ0v) is 12.8. The van der Waals surface area contributed by atoms with E-state index in [1.165, 1.54) is 25.3 Å². The van der Waals surface area contributed by atoms with E-state index in [0.717, 1.165) is 0 Å². The number of ether oxygens (including phenoxy) is 1. The van der Waals surface area contributed by atoms with Gasteiger partial charge >= 0.3 is 0 Å². The largest absolute Gasteiger partial charge is 0.495 e. The smallest absolute Gasteiger partial charge is 0.263 e. The van der Waals surface area contributed by atoms with Gasteiger partial charge in [-0.2, -0.15) is 0 Å². The van der Waals surface area contributed by atoms with E-state index < -0.39 is 10.0 Å². The summed E-state index contributed by atoms with van der Waals surface area (Å²) in [5, 5.41) is 0.464. The van der Waals surface area contributed by atoms with E-state index in [1.807, 2.05) is 0 Å². The summed E-state index contributed by atoms with van der Waals surface area (Å²) in [6, 6.07) is 10.8. The number of halogens is 2. The maximum Gasteiger partial charge on any atom is 0.263 e. The molecule has 0 aliphatic heterocycles. The normalized spacial score (nSPS) is 11.2. The van der Waals surface area contributed by atoms with E-state index in [4.69, 9.17) is 27.9 Å². The zero-order chi connectivity index (χ0) is 14.8. The van der Waals surface area contributed by atoms with Gasteiger partial charge in [0.25, 0.3) is 10.0 Å². The average Bonchev–Trinajstić information content (AvgIpc) is 2.38. The van der Waals surface area contributed by atoms with Crippen LogP contribution in [0.15, 0.2) is 47.4 Å². The molecule has 0 atom stereocenters. The fourth-order valence-corrected chi connectivity index (χ4v) is 3.43. The molecule has 0 bridgehead atoms. The van der Waals surface area contributed by atoms with Crippen LogP contribution in [0.25, 0.3) is 0 Å². The average molecular weight is 332 g/mol. The van der Waals surface area contributed by atoms with Gasteiger partial charge in [0.15, 0.2) is 0 Å². The van der Waals surface area contributed by atoms with Gasteiger partial charge in [0, 0.05) is 0 Å². The highest BCUT2D eigenvalue weighted by molar-refractivity contribution is 7.92. The van der Waals surface area contributed by atoms with Gasteiger partial charge in [-0.15, -0.1) is 0 Å². The van der Waals surface area contributed by atoms with Gasteiger partial charge in [0.1, 0.15) is 10.6 Å². The first-order valence-electron chi connectivity index (χ1n) is 5.55. The van der Waals surface area contributed by atoms with Crippen molar-refractivity contribution < 1.29 is 13.2 Å². The van der Waals surface area contributed by atoms with Crippen LogP contribution in [0.3, 0.4) is 0 Å². The van der Waals surface area contributed by atoms with E-state index in [1.54, 1.807) is 24.3 Å². The molecule has 2 aromatic carbocycles. The lowest BCUT2D eigenvalue weighted by molar-refractivity contribution is 0.415. The molecule has 4 nitrogen and oxygen atoms in total. The van der Waals surface area contributed by atoms with Gasteiger partial charge in [-0.05, 0) is 30.3 Å². The first-order valence-corrected chi connectivity index (χ1v) is 7.79. The number of anilines is 1. The number of nitrogens with one attached hydrogen (secondary N) is 1. The van der Waals surface area contributed by atoms with Crippen LogP contribution in [0.1, 0.15) is 0 Å². The van der Waals surface area contributed by atoms with Crippen LogP contribution in [0.2, 0.25) is 10.0 Å². The molecule has 1 N–H and O–H groups in total. The molecule has 20 heavy (non-hydrogen) atoms. The predicted molar refractivity (Wildman–Crippen MR) is 80.3 cm³/mol. The van der Waals surface area contributed by atoms with Crippen molar-refractivity contribution in [1.29, 1.82) is 0 Å². The van der Waals surface area contributed by atoms with Crippen molar-refractivity contribution in [3.8, 4) is 5.75 Å². The summed E-state index contributed by atoms with van der Waals surface area (Å²) in [7, 11) is -2.28.